The van der Waals surface area contributed by atoms with E-state index >= 15 is 0 Å². The maximum Gasteiger partial charge on any atom is 0.474 e. The van der Waals surface area contributed by atoms with E-state index in [4.69, 9.17) is 14.5 Å². The lowest BCUT2D eigenvalue weighted by Crippen LogP contribution is -2.24. The predicted octanol–water partition coefficient (Wildman–Crippen LogP) is 2.21. The Morgan fingerprint density at radius 2 is 1.96 bits per heavy atom. The first-order valence-corrected chi connectivity index (χ1v) is 8.70. The van der Waals surface area contributed by atoms with Gasteiger partial charge in [-0.3, -0.25) is 19.0 Å². The van der Waals surface area contributed by atoms with Gasteiger partial charge in [0.05, 0.1) is 6.61 Å². The second-order valence-corrected chi connectivity index (χ2v) is 6.66. The first kappa shape index (κ1) is 16.6. The van der Waals surface area contributed by atoms with Crippen LogP contribution < -0.4 is 5.49 Å². The molecule has 0 fully saturated rings. The zero-order chi connectivity index (χ0) is 17.2. The molecule has 2 heterocycles. The van der Waals surface area contributed by atoms with E-state index in [9.17, 15) is 9.46 Å². The topological polar surface area (TPSA) is 102 Å². The molecule has 9 heteroatoms. The summed E-state index contributed by atoms with van der Waals surface area (Å²) in [5, 5.41) is 12.3. The third-order valence-corrected chi connectivity index (χ3v) is 4.38. The Bertz CT molecular complexity index is 951. The molecule has 0 aliphatic heterocycles. The third-order valence-electron chi connectivity index (χ3n) is 3.48. The Morgan fingerprint density at radius 3 is 2.71 bits per heavy atom. The maximum absolute atomic E-state index is 12.0. The Morgan fingerprint density at radius 1 is 1.21 bits per heavy atom. The van der Waals surface area contributed by atoms with Crippen molar-refractivity contribution in [2.24, 2.45) is 0 Å². The molecule has 0 bridgehead atoms. The van der Waals surface area contributed by atoms with Gasteiger partial charge in [-0.25, -0.2) is 9.08 Å². The highest BCUT2D eigenvalue weighted by atomic mass is 31.2. The molecule has 8 nitrogen and oxygen atoms in total. The van der Waals surface area contributed by atoms with Crippen LogP contribution in [0.3, 0.4) is 0 Å². The average Bonchev–Trinajstić information content (AvgIpc) is 2.96. The van der Waals surface area contributed by atoms with Gasteiger partial charge < -0.3 is 4.89 Å². The smallest absolute Gasteiger partial charge is 0.302 e. The molecule has 0 saturated heterocycles. The molecular weight excluding hydrogens is 331 g/mol. The van der Waals surface area contributed by atoms with Crippen LogP contribution in [0.15, 0.2) is 48.8 Å². The Balaban J connectivity index is 1.67. The van der Waals surface area contributed by atoms with Crippen LogP contribution in [0.4, 0.5) is 0 Å². The van der Waals surface area contributed by atoms with E-state index in [-0.39, 0.29) is 18.8 Å². The first-order chi connectivity index (χ1) is 11.5. The van der Waals surface area contributed by atoms with E-state index in [1.54, 1.807) is 22.7 Å². The number of hydrogen-bond donors (Lipinski definition) is 2. The Kier molecular flexibility index (Phi) is 4.64. The van der Waals surface area contributed by atoms with Crippen molar-refractivity contribution in [1.82, 2.24) is 14.2 Å². The number of nitrogens with one attached hydrogen (secondary N) is 1. The van der Waals surface area contributed by atoms with Crippen molar-refractivity contribution in [3.05, 3.63) is 65.5 Å². The molecule has 24 heavy (non-hydrogen) atoms. The first-order valence-electron chi connectivity index (χ1n) is 7.20. The maximum atomic E-state index is 12.0. The minimum Gasteiger partial charge on any atom is -0.302 e. The fourth-order valence-electron chi connectivity index (χ4n) is 2.18. The molecule has 0 aliphatic rings. The van der Waals surface area contributed by atoms with Crippen LogP contribution in [0.2, 0.25) is 0 Å². The highest BCUT2D eigenvalue weighted by Crippen LogP contribution is 2.44. The van der Waals surface area contributed by atoms with E-state index in [2.05, 4.69) is 5.10 Å². The van der Waals surface area contributed by atoms with Crippen molar-refractivity contribution in [3.8, 4) is 0 Å². The van der Waals surface area contributed by atoms with Crippen molar-refractivity contribution in [2.45, 2.75) is 20.3 Å². The Hall–Kier alpha value is -2.25. The van der Waals surface area contributed by atoms with Crippen molar-refractivity contribution in [1.29, 1.82) is 5.41 Å². The van der Waals surface area contributed by atoms with Crippen LogP contribution in [0.5, 0.6) is 0 Å². The summed E-state index contributed by atoms with van der Waals surface area (Å²) in [5.74, 6) is 0. The molecule has 0 spiro atoms. The molecule has 0 amide bonds. The lowest BCUT2D eigenvalue weighted by Gasteiger charge is -2.14. The highest BCUT2D eigenvalue weighted by molar-refractivity contribution is 7.47. The van der Waals surface area contributed by atoms with Crippen molar-refractivity contribution < 1.29 is 18.5 Å². The molecule has 1 aromatic carbocycles. The van der Waals surface area contributed by atoms with E-state index in [0.29, 0.717) is 5.52 Å². The summed E-state index contributed by atoms with van der Waals surface area (Å²) in [4.78, 5) is 9.76. The number of nitrogens with zero attached hydrogens (tertiary/aromatic N) is 3. The summed E-state index contributed by atoms with van der Waals surface area (Å²) in [6.45, 7) is 1.52. The number of aromatic nitrogens is 3. The van der Waals surface area contributed by atoms with Gasteiger partial charge in [0.25, 0.3) is 0 Å². The second kappa shape index (κ2) is 6.70. The minimum atomic E-state index is -4.24. The zero-order valence-electron chi connectivity index (χ0n) is 13.0. The van der Waals surface area contributed by atoms with E-state index in [1.807, 2.05) is 31.2 Å². The fourth-order valence-corrected chi connectivity index (χ4v) is 2.84. The number of hydrogen-bond acceptors (Lipinski definition) is 5. The molecule has 1 unspecified atom stereocenters. The lowest BCUT2D eigenvalue weighted by molar-refractivity contribution is 0.112. The molecule has 126 valence electrons. The van der Waals surface area contributed by atoms with Gasteiger partial charge in [0.15, 0.2) is 5.49 Å². The monoisotopic (exact) mass is 348 g/mol. The summed E-state index contributed by atoms with van der Waals surface area (Å²) < 4.78 is 24.8. The number of phosphoric acid groups is 1. The third kappa shape index (κ3) is 3.63. The van der Waals surface area contributed by atoms with Gasteiger partial charge in [-0.15, -0.1) is 0 Å². The van der Waals surface area contributed by atoms with E-state index in [0.717, 1.165) is 11.3 Å². The van der Waals surface area contributed by atoms with Gasteiger partial charge in [0.1, 0.15) is 18.6 Å². The average molecular weight is 348 g/mol. The standard InChI is InChI=1S/C15H17N4O4P/c1-12-7-8-14-15(16)18(10-17-19(12)14)11-23-24(20,21)22-9-13-5-3-2-4-6-13/h2-8,10,16H,9,11H2,1H3,(H,20,21). The second-order valence-electron chi connectivity index (χ2n) is 5.21. The van der Waals surface area contributed by atoms with Crippen LogP contribution in [0.25, 0.3) is 5.52 Å². The summed E-state index contributed by atoms with van der Waals surface area (Å²) in [5.41, 5.74) is 2.36. The van der Waals surface area contributed by atoms with Crippen molar-refractivity contribution in [2.75, 3.05) is 0 Å². The molecule has 2 aromatic heterocycles. The van der Waals surface area contributed by atoms with Crippen molar-refractivity contribution in [3.63, 3.8) is 0 Å². The van der Waals surface area contributed by atoms with Crippen LogP contribution in [-0.2, 0) is 27.0 Å². The quantitative estimate of drug-likeness (QED) is 0.665. The van der Waals surface area contributed by atoms with Crippen LogP contribution in [0.1, 0.15) is 11.3 Å². The van der Waals surface area contributed by atoms with E-state index in [1.165, 1.54) is 10.9 Å². The molecule has 3 aromatic rings. The SMILES string of the molecule is Cc1ccc2c(=N)n(COP(=O)(O)OCc3ccccc3)cnn12. The normalized spacial score (nSPS) is 13.9. The number of rotatable bonds is 6. The van der Waals surface area contributed by atoms with E-state index < -0.39 is 7.82 Å². The lowest BCUT2D eigenvalue weighted by atomic mass is 10.2. The molecule has 1 atom stereocenters. The van der Waals surface area contributed by atoms with Crippen LogP contribution in [0, 0.1) is 12.3 Å². The summed E-state index contributed by atoms with van der Waals surface area (Å²) in [7, 11) is -4.24. The van der Waals surface area contributed by atoms with Crippen molar-refractivity contribution >= 4 is 13.3 Å². The van der Waals surface area contributed by atoms with Crippen LogP contribution >= 0.6 is 7.82 Å². The van der Waals surface area contributed by atoms with Gasteiger partial charge in [-0.1, -0.05) is 30.3 Å². The zero-order valence-corrected chi connectivity index (χ0v) is 13.9. The number of aryl methyl sites for hydroxylation is 1. The molecule has 2 N–H and O–H groups in total. The largest absolute Gasteiger partial charge is 0.474 e. The fraction of sp³-hybridized carbons (Fsp3) is 0.200. The number of fused-ring (bicyclic) bond motifs is 1. The highest BCUT2D eigenvalue weighted by Gasteiger charge is 2.21. The Labute approximate surface area is 138 Å². The molecule has 0 saturated carbocycles. The summed E-state index contributed by atoms with van der Waals surface area (Å²) >= 11 is 0. The van der Waals surface area contributed by atoms with Gasteiger partial charge in [0, 0.05) is 5.69 Å². The molecule has 0 aliphatic carbocycles. The minimum absolute atomic E-state index is 0.0395. The van der Waals surface area contributed by atoms with Gasteiger partial charge in [-0.2, -0.15) is 5.10 Å². The summed E-state index contributed by atoms with van der Waals surface area (Å²) in [6.07, 6.45) is 1.37. The molecular formula is C15H17N4O4P. The van der Waals surface area contributed by atoms with Crippen LogP contribution in [-0.4, -0.2) is 19.1 Å². The number of benzene rings is 1. The molecule has 3 rings (SSSR count). The number of phosphoric ester groups is 1. The van der Waals surface area contributed by atoms with Gasteiger partial charge >= 0.3 is 7.82 Å². The van der Waals surface area contributed by atoms with Gasteiger partial charge in [-0.05, 0) is 24.6 Å². The summed E-state index contributed by atoms with van der Waals surface area (Å²) in [6, 6.07) is 12.6. The molecule has 0 radical (unpaired) electrons. The predicted molar refractivity (Wildman–Crippen MR) is 85.9 cm³/mol. The van der Waals surface area contributed by atoms with Gasteiger partial charge in [0.2, 0.25) is 0 Å².